The summed E-state index contributed by atoms with van der Waals surface area (Å²) < 4.78 is 16.2. The fourth-order valence-electron chi connectivity index (χ4n) is 2.12. The van der Waals surface area contributed by atoms with E-state index in [4.69, 9.17) is 13.9 Å². The molecule has 0 spiro atoms. The van der Waals surface area contributed by atoms with Gasteiger partial charge in [0.05, 0.1) is 19.8 Å². The lowest BCUT2D eigenvalue weighted by Gasteiger charge is -2.14. The van der Waals surface area contributed by atoms with E-state index in [0.29, 0.717) is 23.7 Å². The summed E-state index contributed by atoms with van der Waals surface area (Å²) in [7, 11) is 1.57. The minimum absolute atomic E-state index is 0.190. The molecule has 0 aliphatic heterocycles. The van der Waals surface area contributed by atoms with Gasteiger partial charge in [-0.2, -0.15) is 0 Å². The van der Waals surface area contributed by atoms with Crippen LogP contribution in [0.25, 0.3) is 0 Å². The van der Waals surface area contributed by atoms with Crippen LogP contribution < -0.4 is 14.8 Å². The Morgan fingerprint density at radius 2 is 2.05 bits per heavy atom. The number of aryl methyl sites for hydroxylation is 1. The minimum atomic E-state index is -0.209. The maximum atomic E-state index is 12.3. The Morgan fingerprint density at radius 3 is 2.64 bits per heavy atom. The van der Waals surface area contributed by atoms with Gasteiger partial charge >= 0.3 is 0 Å². The number of benzene rings is 1. The number of amides is 1. The topological polar surface area (TPSA) is 60.7 Å². The first kappa shape index (κ1) is 15.9. The third-order valence-electron chi connectivity index (χ3n) is 3.26. The SMILES string of the molecule is CCOc1cc(C(=O)NC(C)c2ccc(C)o2)ccc1OC. The van der Waals surface area contributed by atoms with Crippen molar-refractivity contribution >= 4 is 5.91 Å². The normalized spacial score (nSPS) is 11.8. The number of carbonyl (C=O) groups excluding carboxylic acids is 1. The van der Waals surface area contributed by atoms with Crippen molar-refractivity contribution in [1.29, 1.82) is 0 Å². The lowest BCUT2D eigenvalue weighted by Crippen LogP contribution is -2.26. The van der Waals surface area contributed by atoms with Crippen molar-refractivity contribution in [2.75, 3.05) is 13.7 Å². The van der Waals surface area contributed by atoms with Crippen molar-refractivity contribution in [2.45, 2.75) is 26.8 Å². The van der Waals surface area contributed by atoms with Crippen LogP contribution in [0, 0.1) is 6.92 Å². The molecule has 5 heteroatoms. The predicted molar refractivity (Wildman–Crippen MR) is 83.5 cm³/mol. The third kappa shape index (κ3) is 3.61. The highest BCUT2D eigenvalue weighted by atomic mass is 16.5. The van der Waals surface area contributed by atoms with Crippen molar-refractivity contribution < 1.29 is 18.7 Å². The molecule has 0 fully saturated rings. The highest BCUT2D eigenvalue weighted by molar-refractivity contribution is 5.95. The zero-order chi connectivity index (χ0) is 16.1. The van der Waals surface area contributed by atoms with E-state index >= 15 is 0 Å². The number of nitrogens with one attached hydrogen (secondary N) is 1. The Labute approximate surface area is 130 Å². The maximum absolute atomic E-state index is 12.3. The summed E-state index contributed by atoms with van der Waals surface area (Å²) >= 11 is 0. The zero-order valence-corrected chi connectivity index (χ0v) is 13.3. The Morgan fingerprint density at radius 1 is 1.27 bits per heavy atom. The summed E-state index contributed by atoms with van der Waals surface area (Å²) in [6, 6.07) is 8.63. The largest absolute Gasteiger partial charge is 0.493 e. The van der Waals surface area contributed by atoms with E-state index in [0.717, 1.165) is 11.5 Å². The molecule has 1 aromatic heterocycles. The van der Waals surface area contributed by atoms with Crippen molar-refractivity contribution in [3.63, 3.8) is 0 Å². The molecule has 1 N–H and O–H groups in total. The van der Waals surface area contributed by atoms with Gasteiger partial charge in [0, 0.05) is 5.56 Å². The van der Waals surface area contributed by atoms with E-state index in [9.17, 15) is 4.79 Å². The number of furan rings is 1. The first-order valence-corrected chi connectivity index (χ1v) is 7.23. The lowest BCUT2D eigenvalue weighted by atomic mass is 10.1. The average molecular weight is 303 g/mol. The number of ether oxygens (including phenoxy) is 2. The standard InChI is InChI=1S/C17H21NO4/c1-5-21-16-10-13(7-9-15(16)20-4)17(19)18-12(3)14-8-6-11(2)22-14/h6-10,12H,5H2,1-4H3,(H,18,19). The number of carbonyl (C=O) groups is 1. The van der Waals surface area contributed by atoms with E-state index in [-0.39, 0.29) is 11.9 Å². The van der Waals surface area contributed by atoms with Gasteiger partial charge < -0.3 is 19.2 Å². The van der Waals surface area contributed by atoms with Crippen LogP contribution in [0.1, 0.15) is 41.8 Å². The Kier molecular flexibility index (Phi) is 5.09. The van der Waals surface area contributed by atoms with Gasteiger partial charge in [-0.15, -0.1) is 0 Å². The maximum Gasteiger partial charge on any atom is 0.252 e. The summed E-state index contributed by atoms with van der Waals surface area (Å²) in [5.74, 6) is 2.51. The number of hydrogen-bond donors (Lipinski definition) is 1. The number of methoxy groups -OCH3 is 1. The molecule has 1 amide bonds. The molecule has 1 atom stereocenters. The molecule has 2 aromatic rings. The first-order chi connectivity index (χ1) is 10.5. The second-order valence-electron chi connectivity index (χ2n) is 4.94. The summed E-state index contributed by atoms with van der Waals surface area (Å²) in [4.78, 5) is 12.3. The van der Waals surface area contributed by atoms with Crippen LogP contribution in [0.3, 0.4) is 0 Å². The molecule has 0 saturated carbocycles. The molecular formula is C17H21NO4. The predicted octanol–water partition coefficient (Wildman–Crippen LogP) is 3.49. The van der Waals surface area contributed by atoms with E-state index in [2.05, 4.69) is 5.32 Å². The molecule has 118 valence electrons. The second kappa shape index (κ2) is 7.02. The molecule has 0 aliphatic carbocycles. The quantitative estimate of drug-likeness (QED) is 0.887. The number of hydrogen-bond acceptors (Lipinski definition) is 4. The Bertz CT molecular complexity index is 648. The van der Waals surface area contributed by atoms with Crippen LogP contribution in [0.4, 0.5) is 0 Å². The highest BCUT2D eigenvalue weighted by Crippen LogP contribution is 2.28. The molecule has 22 heavy (non-hydrogen) atoms. The first-order valence-electron chi connectivity index (χ1n) is 7.23. The second-order valence-corrected chi connectivity index (χ2v) is 4.94. The summed E-state index contributed by atoms with van der Waals surface area (Å²) in [5, 5.41) is 2.90. The Balaban J connectivity index is 2.13. The third-order valence-corrected chi connectivity index (χ3v) is 3.26. The molecule has 1 aromatic carbocycles. The van der Waals surface area contributed by atoms with Crippen LogP contribution in [-0.4, -0.2) is 19.6 Å². The molecule has 0 bridgehead atoms. The van der Waals surface area contributed by atoms with Crippen LogP contribution in [0.15, 0.2) is 34.7 Å². The van der Waals surface area contributed by atoms with Gasteiger partial charge in [0.15, 0.2) is 11.5 Å². The fraction of sp³-hybridized carbons (Fsp3) is 0.353. The monoisotopic (exact) mass is 303 g/mol. The minimum Gasteiger partial charge on any atom is -0.493 e. The highest BCUT2D eigenvalue weighted by Gasteiger charge is 2.16. The van der Waals surface area contributed by atoms with E-state index < -0.39 is 0 Å². The average Bonchev–Trinajstić information content (AvgIpc) is 2.94. The summed E-state index contributed by atoms with van der Waals surface area (Å²) in [6.07, 6.45) is 0. The molecule has 0 aliphatic rings. The van der Waals surface area contributed by atoms with Crippen LogP contribution >= 0.6 is 0 Å². The zero-order valence-electron chi connectivity index (χ0n) is 13.3. The molecule has 1 unspecified atom stereocenters. The van der Waals surface area contributed by atoms with Crippen LogP contribution in [0.2, 0.25) is 0 Å². The van der Waals surface area contributed by atoms with Crippen LogP contribution in [-0.2, 0) is 0 Å². The summed E-state index contributed by atoms with van der Waals surface area (Å²) in [6.45, 7) is 6.13. The number of rotatable bonds is 6. The van der Waals surface area contributed by atoms with Gasteiger partial charge in [0.25, 0.3) is 5.91 Å². The fourth-order valence-corrected chi connectivity index (χ4v) is 2.12. The molecule has 5 nitrogen and oxygen atoms in total. The van der Waals surface area contributed by atoms with Crippen molar-refractivity contribution in [3.05, 3.63) is 47.4 Å². The smallest absolute Gasteiger partial charge is 0.252 e. The van der Waals surface area contributed by atoms with Gasteiger partial charge in [0.1, 0.15) is 11.5 Å². The van der Waals surface area contributed by atoms with Gasteiger partial charge in [0.2, 0.25) is 0 Å². The summed E-state index contributed by atoms with van der Waals surface area (Å²) in [5.41, 5.74) is 0.513. The molecule has 0 saturated heterocycles. The van der Waals surface area contributed by atoms with Crippen molar-refractivity contribution in [1.82, 2.24) is 5.32 Å². The van der Waals surface area contributed by atoms with Gasteiger partial charge in [-0.05, 0) is 51.1 Å². The van der Waals surface area contributed by atoms with E-state index in [1.54, 1.807) is 25.3 Å². The Hall–Kier alpha value is -2.43. The van der Waals surface area contributed by atoms with Crippen molar-refractivity contribution in [3.8, 4) is 11.5 Å². The molecule has 2 rings (SSSR count). The molecule has 0 radical (unpaired) electrons. The van der Waals surface area contributed by atoms with Gasteiger partial charge in [-0.3, -0.25) is 4.79 Å². The van der Waals surface area contributed by atoms with Crippen LogP contribution in [0.5, 0.6) is 11.5 Å². The molecule has 1 heterocycles. The van der Waals surface area contributed by atoms with E-state index in [1.807, 2.05) is 32.9 Å². The van der Waals surface area contributed by atoms with Gasteiger partial charge in [-0.25, -0.2) is 0 Å². The molecular weight excluding hydrogens is 282 g/mol. The van der Waals surface area contributed by atoms with Crippen molar-refractivity contribution in [2.24, 2.45) is 0 Å². The lowest BCUT2D eigenvalue weighted by molar-refractivity contribution is 0.0934. The van der Waals surface area contributed by atoms with E-state index in [1.165, 1.54) is 0 Å². The van der Waals surface area contributed by atoms with Gasteiger partial charge in [-0.1, -0.05) is 0 Å².